The van der Waals surface area contributed by atoms with Gasteiger partial charge in [0.25, 0.3) is 0 Å². The highest BCUT2D eigenvalue weighted by atomic mass is 32.1. The van der Waals surface area contributed by atoms with E-state index in [4.69, 9.17) is 0 Å². The molecule has 0 saturated heterocycles. The van der Waals surface area contributed by atoms with Crippen molar-refractivity contribution in [2.45, 2.75) is 0 Å². The molecular weight excluding hydrogens is 190 g/mol. The van der Waals surface area contributed by atoms with Gasteiger partial charge in [0.2, 0.25) is 0 Å². The zero-order valence-electron chi connectivity index (χ0n) is 6.55. The van der Waals surface area contributed by atoms with Gasteiger partial charge in [-0.1, -0.05) is 6.07 Å². The quantitative estimate of drug-likeness (QED) is 0.653. The molecule has 0 aliphatic heterocycles. The van der Waals surface area contributed by atoms with Gasteiger partial charge in [-0.25, -0.2) is 8.78 Å². The van der Waals surface area contributed by atoms with Gasteiger partial charge in [0, 0.05) is 5.38 Å². The highest BCUT2D eigenvalue weighted by molar-refractivity contribution is 7.07. The average molecular weight is 195 g/mol. The Morgan fingerprint density at radius 2 is 1.85 bits per heavy atom. The third-order valence-electron chi connectivity index (χ3n) is 1.72. The molecule has 3 heteroatoms. The molecule has 13 heavy (non-hydrogen) atoms. The highest BCUT2D eigenvalue weighted by Gasteiger charge is 2.10. The summed E-state index contributed by atoms with van der Waals surface area (Å²) in [6, 6.07) is 5.42. The summed E-state index contributed by atoms with van der Waals surface area (Å²) in [6.07, 6.45) is 0. The Bertz CT molecular complexity index is 387. The minimum absolute atomic E-state index is 0.0278. The summed E-state index contributed by atoms with van der Waals surface area (Å²) < 4.78 is 26.3. The van der Waals surface area contributed by atoms with Crippen LogP contribution in [-0.4, -0.2) is 0 Å². The van der Waals surface area contributed by atoms with E-state index in [1.165, 1.54) is 29.5 Å². The fourth-order valence-corrected chi connectivity index (χ4v) is 1.71. The number of halogens is 2. The van der Waals surface area contributed by atoms with E-state index in [0.717, 1.165) is 0 Å². The van der Waals surface area contributed by atoms with E-state index in [1.54, 1.807) is 11.4 Å². The maximum absolute atomic E-state index is 13.2. The summed E-state index contributed by atoms with van der Waals surface area (Å²) in [5.74, 6) is -1.07. The SMILES string of the molecule is Fc1cccc(F)c1-c1c[c]sc1. The monoisotopic (exact) mass is 195 g/mol. The fraction of sp³-hybridized carbons (Fsp3) is 0. The molecule has 1 aromatic carbocycles. The second-order valence-electron chi connectivity index (χ2n) is 2.55. The Hall–Kier alpha value is -1.22. The molecule has 0 N–H and O–H groups in total. The Morgan fingerprint density at radius 3 is 2.38 bits per heavy atom. The lowest BCUT2D eigenvalue weighted by Crippen LogP contribution is -1.86. The molecule has 1 heterocycles. The number of hydrogen-bond acceptors (Lipinski definition) is 1. The number of rotatable bonds is 1. The second kappa shape index (κ2) is 3.26. The highest BCUT2D eigenvalue weighted by Crippen LogP contribution is 2.27. The van der Waals surface area contributed by atoms with Crippen LogP contribution in [0.4, 0.5) is 8.78 Å². The lowest BCUT2D eigenvalue weighted by molar-refractivity contribution is 0.590. The van der Waals surface area contributed by atoms with Crippen LogP contribution in [0.15, 0.2) is 29.6 Å². The molecule has 2 aromatic rings. The van der Waals surface area contributed by atoms with Crippen molar-refractivity contribution in [3.05, 3.63) is 46.7 Å². The maximum atomic E-state index is 13.2. The number of benzene rings is 1. The third-order valence-corrected chi connectivity index (χ3v) is 2.35. The normalized spacial score (nSPS) is 10.3. The molecular formula is C10H5F2S. The standard InChI is InChI=1S/C10H5F2S/c11-8-2-1-3-9(12)10(8)7-4-5-13-6-7/h1-4,6H. The van der Waals surface area contributed by atoms with Crippen molar-refractivity contribution in [3.8, 4) is 11.1 Å². The van der Waals surface area contributed by atoms with Crippen LogP contribution < -0.4 is 0 Å². The van der Waals surface area contributed by atoms with E-state index >= 15 is 0 Å². The molecule has 0 aliphatic carbocycles. The zero-order valence-corrected chi connectivity index (χ0v) is 7.37. The van der Waals surface area contributed by atoms with Gasteiger partial charge in [0.05, 0.1) is 5.56 Å². The van der Waals surface area contributed by atoms with Crippen molar-refractivity contribution in [1.29, 1.82) is 0 Å². The van der Waals surface area contributed by atoms with Gasteiger partial charge >= 0.3 is 0 Å². The fourth-order valence-electron chi connectivity index (χ4n) is 1.13. The molecule has 0 saturated carbocycles. The van der Waals surface area contributed by atoms with Crippen molar-refractivity contribution in [1.82, 2.24) is 0 Å². The van der Waals surface area contributed by atoms with Gasteiger partial charge in [-0.05, 0) is 29.1 Å². The van der Waals surface area contributed by atoms with Crippen LogP contribution in [0, 0.1) is 17.0 Å². The molecule has 0 spiro atoms. The molecule has 0 aliphatic rings. The van der Waals surface area contributed by atoms with Crippen LogP contribution >= 0.6 is 11.3 Å². The first kappa shape index (κ1) is 8.38. The van der Waals surface area contributed by atoms with Gasteiger partial charge in [0.1, 0.15) is 11.6 Å². The summed E-state index contributed by atoms with van der Waals surface area (Å²) in [5.41, 5.74) is 0.570. The van der Waals surface area contributed by atoms with Crippen molar-refractivity contribution in [3.63, 3.8) is 0 Å². The average Bonchev–Trinajstić information content (AvgIpc) is 2.57. The van der Waals surface area contributed by atoms with Crippen LogP contribution in [0.3, 0.4) is 0 Å². The molecule has 0 unspecified atom stereocenters. The van der Waals surface area contributed by atoms with Crippen LogP contribution in [0.25, 0.3) is 11.1 Å². The molecule has 0 bridgehead atoms. The molecule has 0 fully saturated rings. The van der Waals surface area contributed by atoms with E-state index in [-0.39, 0.29) is 5.56 Å². The number of hydrogen-bond donors (Lipinski definition) is 0. The summed E-state index contributed by atoms with van der Waals surface area (Å²) in [5, 5.41) is 4.46. The molecule has 1 radical (unpaired) electrons. The first-order valence-electron chi connectivity index (χ1n) is 3.68. The van der Waals surface area contributed by atoms with Crippen molar-refractivity contribution in [2.24, 2.45) is 0 Å². The van der Waals surface area contributed by atoms with E-state index in [0.29, 0.717) is 5.56 Å². The summed E-state index contributed by atoms with van der Waals surface area (Å²) >= 11 is 1.29. The Balaban J connectivity index is 2.64. The Labute approximate surface area is 78.5 Å². The molecule has 0 atom stereocenters. The smallest absolute Gasteiger partial charge is 0.134 e. The summed E-state index contributed by atoms with van der Waals surface area (Å²) in [7, 11) is 0. The third kappa shape index (κ3) is 1.47. The van der Waals surface area contributed by atoms with Crippen molar-refractivity contribution in [2.75, 3.05) is 0 Å². The predicted octanol–water partition coefficient (Wildman–Crippen LogP) is 3.49. The minimum atomic E-state index is -0.535. The Kier molecular flexibility index (Phi) is 2.10. The number of thiophene rings is 1. The minimum Gasteiger partial charge on any atom is -0.206 e. The largest absolute Gasteiger partial charge is 0.206 e. The van der Waals surface area contributed by atoms with Gasteiger partial charge in [0.15, 0.2) is 0 Å². The van der Waals surface area contributed by atoms with Crippen LogP contribution in [-0.2, 0) is 0 Å². The van der Waals surface area contributed by atoms with Crippen LogP contribution in [0.1, 0.15) is 0 Å². The summed E-state index contributed by atoms with van der Waals surface area (Å²) in [4.78, 5) is 0. The molecule has 2 rings (SSSR count). The molecule has 0 amide bonds. The summed E-state index contributed by atoms with van der Waals surface area (Å²) in [6.45, 7) is 0. The van der Waals surface area contributed by atoms with E-state index in [1.807, 2.05) is 0 Å². The Morgan fingerprint density at radius 1 is 1.15 bits per heavy atom. The molecule has 65 valence electrons. The van der Waals surface area contributed by atoms with Crippen molar-refractivity contribution < 1.29 is 8.78 Å². The predicted molar refractivity (Wildman–Crippen MR) is 48.5 cm³/mol. The molecule has 1 aromatic heterocycles. The maximum Gasteiger partial charge on any atom is 0.134 e. The zero-order chi connectivity index (χ0) is 9.26. The molecule has 0 nitrogen and oxygen atoms in total. The van der Waals surface area contributed by atoms with Gasteiger partial charge in [-0.2, -0.15) is 0 Å². The lowest BCUT2D eigenvalue weighted by Gasteiger charge is -2.00. The van der Waals surface area contributed by atoms with E-state index < -0.39 is 11.6 Å². The van der Waals surface area contributed by atoms with Crippen molar-refractivity contribution >= 4 is 11.3 Å². The van der Waals surface area contributed by atoms with Gasteiger partial charge < -0.3 is 0 Å². The van der Waals surface area contributed by atoms with Gasteiger partial charge in [-0.3, -0.25) is 0 Å². The first-order chi connectivity index (χ1) is 6.29. The van der Waals surface area contributed by atoms with E-state index in [9.17, 15) is 8.78 Å². The van der Waals surface area contributed by atoms with Gasteiger partial charge in [-0.15, -0.1) is 11.3 Å². The van der Waals surface area contributed by atoms with Crippen LogP contribution in [0.5, 0.6) is 0 Å². The van der Waals surface area contributed by atoms with Crippen LogP contribution in [0.2, 0.25) is 0 Å². The van der Waals surface area contributed by atoms with E-state index in [2.05, 4.69) is 5.38 Å². The lowest BCUT2D eigenvalue weighted by atomic mass is 10.1. The first-order valence-corrected chi connectivity index (χ1v) is 4.56. The topological polar surface area (TPSA) is 0 Å². The second-order valence-corrected chi connectivity index (χ2v) is 3.26.